The summed E-state index contributed by atoms with van der Waals surface area (Å²) in [6.45, 7) is 9.50. The second-order valence-electron chi connectivity index (χ2n) is 5.81. The van der Waals surface area contributed by atoms with Crippen LogP contribution in [0.2, 0.25) is 5.02 Å². The van der Waals surface area contributed by atoms with E-state index in [0.717, 1.165) is 5.56 Å². The van der Waals surface area contributed by atoms with Gasteiger partial charge in [-0.2, -0.15) is 0 Å². The molecule has 2 rings (SSSR count). The van der Waals surface area contributed by atoms with Crippen LogP contribution in [0.25, 0.3) is 0 Å². The Hall–Kier alpha value is -0.0951. The second-order valence-corrected chi connectivity index (χ2v) is 7.04. The molecule has 2 nitrogen and oxygen atoms in total. The fourth-order valence-electron chi connectivity index (χ4n) is 1.92. The van der Waals surface area contributed by atoms with Gasteiger partial charge in [0.25, 0.3) is 0 Å². The zero-order valence-electron chi connectivity index (χ0n) is 11.6. The predicted molar refractivity (Wildman–Crippen MR) is 79.6 cm³/mol. The highest BCUT2D eigenvalue weighted by Gasteiger charge is 2.53. The summed E-state index contributed by atoms with van der Waals surface area (Å²) in [5, 5.41) is 0.346. The van der Waals surface area contributed by atoms with E-state index in [9.17, 15) is 4.39 Å². The molecule has 1 aromatic carbocycles. The molecule has 19 heavy (non-hydrogen) atoms. The van der Waals surface area contributed by atoms with Crippen molar-refractivity contribution in [2.24, 2.45) is 0 Å². The van der Waals surface area contributed by atoms with Crippen LogP contribution >= 0.6 is 27.5 Å². The van der Waals surface area contributed by atoms with Gasteiger partial charge in [-0.15, -0.1) is 0 Å². The van der Waals surface area contributed by atoms with Gasteiger partial charge in [0, 0.05) is 10.5 Å². The molecular formula is C13H16BBrClFO2. The lowest BCUT2D eigenvalue weighted by molar-refractivity contribution is 0.00578. The molecule has 0 saturated carbocycles. The molecule has 0 amide bonds. The molecule has 1 fully saturated rings. The van der Waals surface area contributed by atoms with Gasteiger partial charge in [0.1, 0.15) is 5.82 Å². The van der Waals surface area contributed by atoms with Crippen molar-refractivity contribution in [2.75, 3.05) is 0 Å². The summed E-state index contributed by atoms with van der Waals surface area (Å²) in [7, 11) is -0.798. The van der Waals surface area contributed by atoms with Crippen LogP contribution in [0, 0.1) is 12.7 Å². The first-order valence-corrected chi connectivity index (χ1v) is 7.23. The smallest absolute Gasteiger partial charge is 0.399 e. The number of rotatable bonds is 1. The summed E-state index contributed by atoms with van der Waals surface area (Å²) < 4.78 is 26.4. The summed E-state index contributed by atoms with van der Waals surface area (Å²) in [5.74, 6) is -0.436. The Labute approximate surface area is 126 Å². The van der Waals surface area contributed by atoms with Gasteiger partial charge in [-0.1, -0.05) is 11.6 Å². The van der Waals surface area contributed by atoms with Crippen LogP contribution in [0.4, 0.5) is 4.39 Å². The molecule has 0 radical (unpaired) electrons. The average molecular weight is 349 g/mol. The quantitative estimate of drug-likeness (QED) is 0.566. The standard InChI is InChI=1S/C13H16BBrClFO2/c1-7-6-8(15)11(17)9(10(7)16)14-18-12(2,3)13(4,5)19-14/h6H,1-5H3. The molecule has 1 heterocycles. The van der Waals surface area contributed by atoms with Gasteiger partial charge in [-0.05, 0) is 62.2 Å². The van der Waals surface area contributed by atoms with Gasteiger partial charge in [-0.25, -0.2) is 4.39 Å². The lowest BCUT2D eigenvalue weighted by atomic mass is 9.78. The topological polar surface area (TPSA) is 18.5 Å². The number of hydrogen-bond donors (Lipinski definition) is 0. The van der Waals surface area contributed by atoms with E-state index in [0.29, 0.717) is 9.50 Å². The summed E-state index contributed by atoms with van der Waals surface area (Å²) >= 11 is 9.41. The molecule has 1 aromatic rings. The van der Waals surface area contributed by atoms with Crippen molar-refractivity contribution in [2.45, 2.75) is 45.8 Å². The first kappa shape index (κ1) is 15.3. The molecule has 1 saturated heterocycles. The molecule has 0 atom stereocenters. The van der Waals surface area contributed by atoms with E-state index in [-0.39, 0.29) is 5.46 Å². The van der Waals surface area contributed by atoms with Crippen LogP contribution in [0.1, 0.15) is 33.3 Å². The summed E-state index contributed by atoms with van der Waals surface area (Å²) in [4.78, 5) is 0. The minimum atomic E-state index is -0.798. The van der Waals surface area contributed by atoms with Crippen molar-refractivity contribution in [3.63, 3.8) is 0 Å². The Balaban J connectivity index is 2.51. The molecular weight excluding hydrogens is 333 g/mol. The van der Waals surface area contributed by atoms with Crippen molar-refractivity contribution in [3.8, 4) is 0 Å². The van der Waals surface area contributed by atoms with Crippen LogP contribution in [-0.2, 0) is 9.31 Å². The number of benzene rings is 1. The van der Waals surface area contributed by atoms with Gasteiger partial charge in [0.05, 0.1) is 15.7 Å². The first-order valence-electron chi connectivity index (χ1n) is 6.06. The van der Waals surface area contributed by atoms with Gasteiger partial charge in [0.2, 0.25) is 0 Å². The summed E-state index contributed by atoms with van der Waals surface area (Å²) in [5.41, 5.74) is -0.0142. The summed E-state index contributed by atoms with van der Waals surface area (Å²) in [6, 6.07) is 1.65. The van der Waals surface area contributed by atoms with Crippen LogP contribution in [0.15, 0.2) is 10.5 Å². The lowest BCUT2D eigenvalue weighted by Gasteiger charge is -2.32. The monoisotopic (exact) mass is 348 g/mol. The van der Waals surface area contributed by atoms with Gasteiger partial charge < -0.3 is 9.31 Å². The van der Waals surface area contributed by atoms with Crippen molar-refractivity contribution < 1.29 is 13.7 Å². The van der Waals surface area contributed by atoms with E-state index in [1.807, 2.05) is 34.6 Å². The van der Waals surface area contributed by atoms with Gasteiger partial charge in [0.15, 0.2) is 0 Å². The number of aryl methyl sites for hydroxylation is 1. The Kier molecular flexibility index (Phi) is 3.80. The maximum Gasteiger partial charge on any atom is 0.499 e. The van der Waals surface area contributed by atoms with Crippen LogP contribution in [0.3, 0.4) is 0 Å². The number of hydrogen-bond acceptors (Lipinski definition) is 2. The summed E-state index contributed by atoms with van der Waals surface area (Å²) in [6.07, 6.45) is 0. The van der Waals surface area contributed by atoms with E-state index < -0.39 is 24.1 Å². The minimum absolute atomic E-state index is 0.257. The second kappa shape index (κ2) is 4.73. The molecule has 1 aliphatic rings. The molecule has 1 aliphatic heterocycles. The molecule has 0 spiro atoms. The zero-order chi connectivity index (χ0) is 14.6. The molecule has 0 aliphatic carbocycles. The van der Waals surface area contributed by atoms with Crippen molar-refractivity contribution in [1.82, 2.24) is 0 Å². The van der Waals surface area contributed by atoms with Crippen molar-refractivity contribution in [1.29, 1.82) is 0 Å². The van der Waals surface area contributed by atoms with Crippen LogP contribution in [-0.4, -0.2) is 18.3 Å². The van der Waals surface area contributed by atoms with E-state index >= 15 is 0 Å². The van der Waals surface area contributed by atoms with E-state index in [2.05, 4.69) is 15.9 Å². The Morgan fingerprint density at radius 1 is 1.21 bits per heavy atom. The zero-order valence-corrected chi connectivity index (χ0v) is 13.9. The lowest BCUT2D eigenvalue weighted by Crippen LogP contribution is -2.41. The molecule has 6 heteroatoms. The molecule has 0 N–H and O–H groups in total. The molecule has 104 valence electrons. The fraction of sp³-hybridized carbons (Fsp3) is 0.538. The van der Waals surface area contributed by atoms with Crippen molar-refractivity contribution in [3.05, 3.63) is 26.9 Å². The Morgan fingerprint density at radius 2 is 1.68 bits per heavy atom. The highest BCUT2D eigenvalue weighted by molar-refractivity contribution is 9.10. The SMILES string of the molecule is Cc1cc(Br)c(F)c(B2OC(C)(C)C(C)(C)O2)c1Cl. The molecule has 0 bridgehead atoms. The third-order valence-corrected chi connectivity index (χ3v) is 4.94. The van der Waals surface area contributed by atoms with E-state index in [4.69, 9.17) is 20.9 Å². The third-order valence-electron chi connectivity index (χ3n) is 3.86. The normalized spacial score (nSPS) is 20.9. The first-order chi connectivity index (χ1) is 8.57. The Bertz CT molecular complexity index is 492. The maximum atomic E-state index is 14.3. The maximum absolute atomic E-state index is 14.3. The third kappa shape index (κ3) is 2.46. The largest absolute Gasteiger partial charge is 0.499 e. The van der Waals surface area contributed by atoms with Crippen LogP contribution < -0.4 is 5.46 Å². The van der Waals surface area contributed by atoms with Crippen molar-refractivity contribution >= 4 is 40.1 Å². The highest BCUT2D eigenvalue weighted by atomic mass is 79.9. The minimum Gasteiger partial charge on any atom is -0.399 e. The van der Waals surface area contributed by atoms with Gasteiger partial charge >= 0.3 is 7.12 Å². The molecule has 0 unspecified atom stereocenters. The van der Waals surface area contributed by atoms with E-state index in [1.54, 1.807) is 6.07 Å². The average Bonchev–Trinajstić information content (AvgIpc) is 2.45. The highest BCUT2D eigenvalue weighted by Crippen LogP contribution is 2.38. The van der Waals surface area contributed by atoms with Gasteiger partial charge in [-0.3, -0.25) is 0 Å². The fourth-order valence-corrected chi connectivity index (χ4v) is 2.71. The Morgan fingerprint density at radius 3 is 2.16 bits per heavy atom. The van der Waals surface area contributed by atoms with Crippen LogP contribution in [0.5, 0.6) is 0 Å². The molecule has 0 aromatic heterocycles. The van der Waals surface area contributed by atoms with E-state index in [1.165, 1.54) is 0 Å². The number of halogens is 3. The predicted octanol–water partition coefficient (Wildman–Crippen LogP) is 3.85.